The summed E-state index contributed by atoms with van der Waals surface area (Å²) in [6.07, 6.45) is 3.75. The first-order valence-corrected chi connectivity index (χ1v) is 15.5. The van der Waals surface area contributed by atoms with Gasteiger partial charge >= 0.3 is 5.97 Å². The number of benzene rings is 2. The number of carbonyl (C=O) groups excluding carboxylic acids is 2. The Morgan fingerprint density at radius 2 is 1.83 bits per heavy atom. The highest BCUT2D eigenvalue weighted by Gasteiger charge is 2.34. The van der Waals surface area contributed by atoms with Gasteiger partial charge in [0.05, 0.1) is 28.9 Å². The second-order valence-electron chi connectivity index (χ2n) is 12.6. The minimum Gasteiger partial charge on any atom is -0.462 e. The van der Waals surface area contributed by atoms with Crippen molar-refractivity contribution in [2.45, 2.75) is 67.2 Å². The van der Waals surface area contributed by atoms with Gasteiger partial charge in [0, 0.05) is 15.8 Å². The van der Waals surface area contributed by atoms with E-state index in [1.807, 2.05) is 37.3 Å². The molecule has 0 saturated carbocycles. The fourth-order valence-corrected chi connectivity index (χ4v) is 7.11. The Morgan fingerprint density at radius 3 is 2.51 bits per heavy atom. The maximum absolute atomic E-state index is 14.0. The minimum atomic E-state index is -0.365. The number of nitrogens with zero attached hydrogens (tertiary/aromatic N) is 1. The molecule has 0 saturated heterocycles. The lowest BCUT2D eigenvalue weighted by atomic mass is 9.72. The van der Waals surface area contributed by atoms with Crippen LogP contribution in [0.4, 0.5) is 5.00 Å². The van der Waals surface area contributed by atoms with Gasteiger partial charge in [0.1, 0.15) is 5.00 Å². The third-order valence-electron chi connectivity index (χ3n) is 8.05. The van der Waals surface area contributed by atoms with Crippen LogP contribution in [0.2, 0.25) is 0 Å². The number of esters is 1. The number of ether oxygens (including phenoxy) is 1. The zero-order valence-electron chi connectivity index (χ0n) is 25.0. The summed E-state index contributed by atoms with van der Waals surface area (Å²) in [6.45, 7) is 13.3. The van der Waals surface area contributed by atoms with Crippen LogP contribution >= 0.6 is 11.3 Å². The molecule has 0 bridgehead atoms. The molecule has 1 aliphatic carbocycles. The molecular weight excluding hydrogens is 528 g/mol. The number of hydrogen-bond acceptors (Lipinski definition) is 5. The monoisotopic (exact) mass is 568 g/mol. The Kier molecular flexibility index (Phi) is 8.32. The Balaban J connectivity index is 1.52. The molecule has 1 aliphatic rings. The van der Waals surface area contributed by atoms with Gasteiger partial charge in [0.25, 0.3) is 5.91 Å². The molecule has 6 heteroatoms. The number of nitrogens with one attached hydrogen (secondary N) is 1. The van der Waals surface area contributed by atoms with Gasteiger partial charge in [-0.1, -0.05) is 77.1 Å². The molecule has 0 fully saturated rings. The molecule has 0 spiro atoms. The van der Waals surface area contributed by atoms with Gasteiger partial charge in [-0.3, -0.25) is 4.79 Å². The topological polar surface area (TPSA) is 68.3 Å². The van der Waals surface area contributed by atoms with Gasteiger partial charge in [-0.05, 0) is 73.1 Å². The van der Waals surface area contributed by atoms with Crippen LogP contribution in [0.1, 0.15) is 84.7 Å². The summed E-state index contributed by atoms with van der Waals surface area (Å²) in [4.78, 5) is 33.2. The van der Waals surface area contributed by atoms with Crippen molar-refractivity contribution >= 4 is 39.1 Å². The molecule has 5 rings (SSSR count). The van der Waals surface area contributed by atoms with Crippen molar-refractivity contribution in [1.82, 2.24) is 4.98 Å². The van der Waals surface area contributed by atoms with Crippen molar-refractivity contribution in [2.75, 3.05) is 11.9 Å². The maximum atomic E-state index is 14.0. The summed E-state index contributed by atoms with van der Waals surface area (Å²) in [5.41, 5.74) is 6.01. The van der Waals surface area contributed by atoms with Crippen LogP contribution in [0.25, 0.3) is 22.2 Å². The van der Waals surface area contributed by atoms with Gasteiger partial charge in [-0.25, -0.2) is 9.78 Å². The van der Waals surface area contributed by atoms with Crippen molar-refractivity contribution < 1.29 is 14.3 Å². The Hall–Kier alpha value is -3.51. The summed E-state index contributed by atoms with van der Waals surface area (Å²) in [6, 6.07) is 18.0. The molecule has 1 atom stereocenters. The number of anilines is 1. The van der Waals surface area contributed by atoms with Gasteiger partial charge in [0.2, 0.25) is 0 Å². The van der Waals surface area contributed by atoms with E-state index in [9.17, 15) is 9.59 Å². The number of para-hydroxylation sites is 1. The first kappa shape index (κ1) is 29.0. The number of thiophene rings is 1. The molecular formula is C35H40N2O3S. The lowest BCUT2D eigenvalue weighted by molar-refractivity contribution is 0.0526. The van der Waals surface area contributed by atoms with E-state index in [-0.39, 0.29) is 23.9 Å². The highest BCUT2D eigenvalue weighted by atomic mass is 32.1. The average molecular weight is 569 g/mol. The molecule has 1 amide bonds. The normalized spacial score (nSPS) is 15.1. The van der Waals surface area contributed by atoms with Crippen LogP contribution in [-0.4, -0.2) is 23.5 Å². The number of fused-ring (bicyclic) bond motifs is 2. The van der Waals surface area contributed by atoms with Crippen LogP contribution in [0.15, 0.2) is 54.6 Å². The van der Waals surface area contributed by atoms with E-state index in [0.717, 1.165) is 53.4 Å². The predicted molar refractivity (Wildman–Crippen MR) is 169 cm³/mol. The Bertz CT molecular complexity index is 1580. The molecule has 2 heterocycles. The first-order chi connectivity index (χ1) is 19.5. The lowest BCUT2D eigenvalue weighted by Crippen LogP contribution is -2.26. The fourth-order valence-electron chi connectivity index (χ4n) is 5.80. The highest BCUT2D eigenvalue weighted by Crippen LogP contribution is 2.44. The molecule has 0 radical (unpaired) electrons. The van der Waals surface area contributed by atoms with E-state index in [1.54, 1.807) is 0 Å². The quantitative estimate of drug-likeness (QED) is 0.226. The Morgan fingerprint density at radius 1 is 1.10 bits per heavy atom. The van der Waals surface area contributed by atoms with Gasteiger partial charge in [0.15, 0.2) is 0 Å². The van der Waals surface area contributed by atoms with Crippen LogP contribution in [0, 0.1) is 17.3 Å². The second-order valence-corrected chi connectivity index (χ2v) is 13.7. The predicted octanol–water partition coefficient (Wildman–Crippen LogP) is 8.74. The van der Waals surface area contributed by atoms with E-state index < -0.39 is 0 Å². The maximum Gasteiger partial charge on any atom is 0.341 e. The number of rotatable bonds is 7. The summed E-state index contributed by atoms with van der Waals surface area (Å²) in [5, 5.41) is 4.48. The molecule has 1 N–H and O–H groups in total. The highest BCUT2D eigenvalue weighted by molar-refractivity contribution is 7.17. The van der Waals surface area contributed by atoms with Crippen LogP contribution in [0.5, 0.6) is 0 Å². The molecule has 2 aromatic heterocycles. The van der Waals surface area contributed by atoms with Gasteiger partial charge < -0.3 is 10.1 Å². The third kappa shape index (κ3) is 6.23. The number of pyridine rings is 1. The summed E-state index contributed by atoms with van der Waals surface area (Å²) in [7, 11) is 0. The summed E-state index contributed by atoms with van der Waals surface area (Å²) in [5.74, 6) is 0.483. The molecule has 41 heavy (non-hydrogen) atoms. The lowest BCUT2D eigenvalue weighted by Gasteiger charge is -2.33. The van der Waals surface area contributed by atoms with Crippen molar-refractivity contribution in [3.8, 4) is 11.3 Å². The molecule has 2 aromatic carbocycles. The molecule has 4 aromatic rings. The van der Waals surface area contributed by atoms with Crippen LogP contribution in [-0.2, 0) is 24.0 Å². The van der Waals surface area contributed by atoms with E-state index in [0.29, 0.717) is 28.0 Å². The molecule has 5 nitrogen and oxygen atoms in total. The zero-order chi connectivity index (χ0) is 29.3. The second kappa shape index (κ2) is 11.8. The molecule has 214 valence electrons. The van der Waals surface area contributed by atoms with Crippen molar-refractivity contribution in [3.05, 3.63) is 81.7 Å². The molecule has 0 aliphatic heterocycles. The number of hydrogen-bond donors (Lipinski definition) is 1. The number of amides is 1. The number of carbonyl (C=O) groups is 2. The SMILES string of the molecule is CCOC(=O)c1c(NC(=O)c2cc(-c3ccc(CC(C)C)cc3)nc3ccccc23)sc2c1CC[C@@H](C(C)(C)C)C2. The third-order valence-corrected chi connectivity index (χ3v) is 9.22. The van der Waals surface area contributed by atoms with Crippen molar-refractivity contribution in [3.63, 3.8) is 0 Å². The largest absolute Gasteiger partial charge is 0.462 e. The average Bonchev–Trinajstić information content (AvgIpc) is 3.29. The summed E-state index contributed by atoms with van der Waals surface area (Å²) < 4.78 is 5.46. The van der Waals surface area contributed by atoms with E-state index in [2.05, 4.69) is 64.2 Å². The summed E-state index contributed by atoms with van der Waals surface area (Å²) >= 11 is 1.52. The minimum absolute atomic E-state index is 0.175. The fraction of sp³-hybridized carbons (Fsp3) is 0.400. The number of aromatic nitrogens is 1. The first-order valence-electron chi connectivity index (χ1n) is 14.7. The molecule has 0 unspecified atom stereocenters. The Labute approximate surface area is 247 Å². The zero-order valence-corrected chi connectivity index (χ0v) is 25.8. The van der Waals surface area contributed by atoms with E-state index >= 15 is 0 Å². The van der Waals surface area contributed by atoms with Gasteiger partial charge in [-0.2, -0.15) is 0 Å². The van der Waals surface area contributed by atoms with Crippen molar-refractivity contribution in [2.24, 2.45) is 17.3 Å². The van der Waals surface area contributed by atoms with Crippen LogP contribution in [0.3, 0.4) is 0 Å². The van der Waals surface area contributed by atoms with E-state index in [1.165, 1.54) is 21.8 Å². The standard InChI is InChI=1S/C35H40N2O3S/c1-7-40-34(39)31-26-17-16-24(35(4,5)6)19-30(26)41-33(31)37-32(38)27-20-29(36-28-11-9-8-10-25(27)28)23-14-12-22(13-15-23)18-21(2)3/h8-15,20-21,24H,7,16-19H2,1-6H3,(H,37,38)/t24-/m1/s1. The van der Waals surface area contributed by atoms with Crippen LogP contribution < -0.4 is 5.32 Å². The van der Waals surface area contributed by atoms with Gasteiger partial charge in [-0.15, -0.1) is 11.3 Å². The smallest absolute Gasteiger partial charge is 0.341 e. The van der Waals surface area contributed by atoms with Crippen molar-refractivity contribution in [1.29, 1.82) is 0 Å². The van der Waals surface area contributed by atoms with E-state index in [4.69, 9.17) is 9.72 Å².